The van der Waals surface area contributed by atoms with Gasteiger partial charge in [-0.2, -0.15) is 10.5 Å². The number of rotatable bonds is 5. The number of nitriles is 2. The number of ketones is 1. The molecule has 0 spiro atoms. The van der Waals surface area contributed by atoms with E-state index in [2.05, 4.69) is 41.3 Å². The van der Waals surface area contributed by atoms with Gasteiger partial charge in [-0.15, -0.1) is 0 Å². The summed E-state index contributed by atoms with van der Waals surface area (Å²) in [6.45, 7) is 0. The lowest BCUT2D eigenvalue weighted by molar-refractivity contribution is 0.0952. The lowest BCUT2D eigenvalue weighted by Crippen LogP contribution is -2.43. The number of halogens is 1. The van der Waals surface area contributed by atoms with Crippen molar-refractivity contribution in [2.45, 2.75) is 30.8 Å². The Balaban J connectivity index is 1.63. The van der Waals surface area contributed by atoms with Crippen molar-refractivity contribution in [1.82, 2.24) is 0 Å². The zero-order valence-electron chi connectivity index (χ0n) is 20.1. The molecule has 1 saturated heterocycles. The molecular formula is C32H24ClN3O. The number of hydrogen-bond donors (Lipinski definition) is 0. The first-order valence-electron chi connectivity index (χ1n) is 12.6. The maximum Gasteiger partial charge on any atom is 0.185 e. The number of allylic oxidation sites excluding steroid dienone is 1. The molecule has 1 aliphatic carbocycles. The summed E-state index contributed by atoms with van der Waals surface area (Å²) in [6, 6.07) is 28.9. The molecule has 2 aliphatic heterocycles. The molecule has 3 aliphatic rings. The zero-order valence-corrected chi connectivity index (χ0v) is 20.8. The van der Waals surface area contributed by atoms with E-state index in [0.29, 0.717) is 10.6 Å². The van der Waals surface area contributed by atoms with E-state index in [4.69, 9.17) is 11.6 Å². The number of hydrogen-bond acceptors (Lipinski definition) is 4. The first-order chi connectivity index (χ1) is 18.1. The molecule has 0 N–H and O–H groups in total. The molecule has 0 unspecified atom stereocenters. The molecule has 0 amide bonds. The highest BCUT2D eigenvalue weighted by atomic mass is 35.5. The maximum absolute atomic E-state index is 14.4. The minimum atomic E-state index is -0.517. The molecular weight excluding hydrogens is 478 g/mol. The van der Waals surface area contributed by atoms with E-state index in [-0.39, 0.29) is 35.2 Å². The molecule has 37 heavy (non-hydrogen) atoms. The van der Waals surface area contributed by atoms with Crippen molar-refractivity contribution < 1.29 is 4.79 Å². The molecule has 3 aromatic carbocycles. The Morgan fingerprint density at radius 2 is 1.57 bits per heavy atom. The van der Waals surface area contributed by atoms with E-state index in [0.717, 1.165) is 35.2 Å². The van der Waals surface area contributed by atoms with Crippen LogP contribution in [0, 0.1) is 34.5 Å². The molecule has 4 nitrogen and oxygen atoms in total. The van der Waals surface area contributed by atoms with Gasteiger partial charge in [0.05, 0.1) is 6.04 Å². The fourth-order valence-corrected chi connectivity index (χ4v) is 6.36. The average molecular weight is 502 g/mol. The predicted octanol–water partition coefficient (Wildman–Crippen LogP) is 6.96. The van der Waals surface area contributed by atoms with Crippen molar-refractivity contribution in [3.8, 4) is 12.1 Å². The summed E-state index contributed by atoms with van der Waals surface area (Å²) in [5.74, 6) is -0.251. The van der Waals surface area contributed by atoms with E-state index in [9.17, 15) is 15.3 Å². The van der Waals surface area contributed by atoms with Crippen molar-refractivity contribution in [2.75, 3.05) is 4.90 Å². The van der Waals surface area contributed by atoms with Crippen LogP contribution in [-0.2, 0) is 0 Å². The summed E-state index contributed by atoms with van der Waals surface area (Å²) >= 11 is 6.27. The Hall–Kier alpha value is -4.12. The number of para-hydroxylation sites is 1. The topological polar surface area (TPSA) is 67.9 Å². The Morgan fingerprint density at radius 1 is 0.892 bits per heavy atom. The third-order valence-corrected chi connectivity index (χ3v) is 8.13. The van der Waals surface area contributed by atoms with Gasteiger partial charge in [0.2, 0.25) is 0 Å². The Bertz CT molecular complexity index is 1490. The van der Waals surface area contributed by atoms with Crippen molar-refractivity contribution >= 4 is 29.1 Å². The Labute approximate surface area is 221 Å². The molecule has 6 rings (SSSR count). The number of nitrogens with zero attached hydrogens (tertiary/aromatic N) is 3. The minimum Gasteiger partial charge on any atom is -0.353 e. The van der Waals surface area contributed by atoms with E-state index < -0.39 is 6.04 Å². The molecule has 0 bridgehead atoms. The van der Waals surface area contributed by atoms with Crippen LogP contribution < -0.4 is 4.90 Å². The molecule has 1 saturated carbocycles. The quantitative estimate of drug-likeness (QED) is 0.280. The highest BCUT2D eigenvalue weighted by Crippen LogP contribution is 2.56. The van der Waals surface area contributed by atoms with Crippen LogP contribution in [0.2, 0.25) is 5.02 Å². The van der Waals surface area contributed by atoms with Crippen LogP contribution in [0.25, 0.3) is 6.08 Å². The van der Waals surface area contributed by atoms with Crippen LogP contribution in [0.4, 0.5) is 5.69 Å². The Morgan fingerprint density at radius 3 is 2.24 bits per heavy atom. The highest BCUT2D eigenvalue weighted by molar-refractivity contribution is 6.30. The fraction of sp³-hybridized carbons (Fsp3) is 0.219. The monoisotopic (exact) mass is 501 g/mol. The maximum atomic E-state index is 14.4. The van der Waals surface area contributed by atoms with Gasteiger partial charge in [-0.05, 0) is 53.7 Å². The summed E-state index contributed by atoms with van der Waals surface area (Å²) in [5.41, 5.74) is 4.76. The van der Waals surface area contributed by atoms with Crippen molar-refractivity contribution in [3.63, 3.8) is 0 Å². The number of carbonyl (C=O) groups is 1. The molecule has 0 aromatic heterocycles. The number of anilines is 1. The summed E-state index contributed by atoms with van der Waals surface area (Å²) in [5, 5.41) is 20.6. The van der Waals surface area contributed by atoms with Gasteiger partial charge in [-0.1, -0.05) is 84.4 Å². The fourth-order valence-electron chi connectivity index (χ4n) is 6.24. The third-order valence-electron chi connectivity index (χ3n) is 7.87. The first-order valence-corrected chi connectivity index (χ1v) is 12.9. The van der Waals surface area contributed by atoms with Gasteiger partial charge < -0.3 is 4.90 Å². The predicted molar refractivity (Wildman–Crippen MR) is 145 cm³/mol. The third kappa shape index (κ3) is 3.95. The summed E-state index contributed by atoms with van der Waals surface area (Å²) < 4.78 is 0. The standard InChI is InChI=1S/C32H24ClN3O/c33-25-15-12-22(13-16-25)29-30(28(21-10-11-21)24(18-34)19-35)27-17-14-20-6-4-5-9-26(20)36(27)31(29)32(37)23-7-2-1-3-8-23/h1-9,12-17,21,27,29-31H,10-11H2/t27-,29-,30+,31+/m1/s1. The molecule has 180 valence electrons. The smallest absolute Gasteiger partial charge is 0.185 e. The molecule has 5 heteroatoms. The molecule has 0 radical (unpaired) electrons. The van der Waals surface area contributed by atoms with Gasteiger partial charge in [-0.3, -0.25) is 4.79 Å². The van der Waals surface area contributed by atoms with Gasteiger partial charge in [0.25, 0.3) is 0 Å². The van der Waals surface area contributed by atoms with Crippen LogP contribution in [-0.4, -0.2) is 17.9 Å². The van der Waals surface area contributed by atoms with Crippen LogP contribution in [0.3, 0.4) is 0 Å². The van der Waals surface area contributed by atoms with Gasteiger partial charge in [-0.25, -0.2) is 0 Å². The SMILES string of the molecule is N#CC(C#N)=C(C1CC1)[C@H]1[C@@H](c2ccc(Cl)cc2)[C@@H](C(=O)c2ccccc2)N2c3ccccc3C=C[C@H]12. The van der Waals surface area contributed by atoms with Gasteiger partial charge in [0.1, 0.15) is 23.8 Å². The Kier molecular flexibility index (Phi) is 5.91. The number of carbonyl (C=O) groups excluding carboxylic acids is 1. The van der Waals surface area contributed by atoms with Crippen LogP contribution >= 0.6 is 11.6 Å². The summed E-state index contributed by atoms with van der Waals surface area (Å²) in [6.07, 6.45) is 6.18. The van der Waals surface area contributed by atoms with Crippen LogP contribution in [0.15, 0.2) is 96.1 Å². The number of Topliss-reactive ketones (excluding diaryl/α,β-unsaturated/α-hetero) is 1. The average Bonchev–Trinajstić information content (AvgIpc) is 3.73. The number of benzene rings is 3. The van der Waals surface area contributed by atoms with E-state index >= 15 is 0 Å². The first kappa shape index (κ1) is 23.3. The normalized spacial score (nSPS) is 23.4. The highest BCUT2D eigenvalue weighted by Gasteiger charge is 2.56. The summed E-state index contributed by atoms with van der Waals surface area (Å²) in [4.78, 5) is 16.6. The second-order valence-electron chi connectivity index (χ2n) is 9.92. The zero-order chi connectivity index (χ0) is 25.5. The van der Waals surface area contributed by atoms with E-state index in [1.165, 1.54) is 0 Å². The van der Waals surface area contributed by atoms with Crippen molar-refractivity contribution in [1.29, 1.82) is 10.5 Å². The van der Waals surface area contributed by atoms with Gasteiger partial charge in [0.15, 0.2) is 5.78 Å². The summed E-state index contributed by atoms with van der Waals surface area (Å²) in [7, 11) is 0. The van der Waals surface area contributed by atoms with Gasteiger partial charge >= 0.3 is 0 Å². The number of fused-ring (bicyclic) bond motifs is 3. The molecule has 4 atom stereocenters. The van der Waals surface area contributed by atoms with E-state index in [1.54, 1.807) is 0 Å². The minimum absolute atomic E-state index is 0.0313. The van der Waals surface area contributed by atoms with Crippen molar-refractivity contribution in [3.05, 3.63) is 118 Å². The molecule has 2 heterocycles. The lowest BCUT2D eigenvalue weighted by Gasteiger charge is -2.36. The van der Waals surface area contributed by atoms with E-state index in [1.807, 2.05) is 66.7 Å². The van der Waals surface area contributed by atoms with Crippen LogP contribution in [0.5, 0.6) is 0 Å². The second kappa shape index (κ2) is 9.40. The van der Waals surface area contributed by atoms with Crippen LogP contribution in [0.1, 0.15) is 40.2 Å². The largest absolute Gasteiger partial charge is 0.353 e. The van der Waals surface area contributed by atoms with Crippen molar-refractivity contribution in [2.24, 2.45) is 11.8 Å². The molecule has 2 fully saturated rings. The molecule has 3 aromatic rings. The lowest BCUT2D eigenvalue weighted by atomic mass is 9.73. The van der Waals surface area contributed by atoms with Gasteiger partial charge in [0, 0.05) is 28.1 Å². The second-order valence-corrected chi connectivity index (χ2v) is 10.4.